The normalized spacial score (nSPS) is 9.31. The number of nitrogens with one attached hydrogen (secondary N) is 2. The molecule has 0 bridgehead atoms. The van der Waals surface area contributed by atoms with Crippen molar-refractivity contribution in [1.82, 2.24) is 5.32 Å². The third-order valence-corrected chi connectivity index (χ3v) is 2.31. The Morgan fingerprint density at radius 1 is 1.50 bits per heavy atom. The molecule has 2 N–H and O–H groups in total. The van der Waals surface area contributed by atoms with Crippen molar-refractivity contribution >= 4 is 11.6 Å². The van der Waals surface area contributed by atoms with E-state index in [9.17, 15) is 4.79 Å². The number of anilines is 1. The first-order valence-corrected chi connectivity index (χ1v) is 5.12. The van der Waals surface area contributed by atoms with Gasteiger partial charge in [0.05, 0.1) is 11.6 Å². The summed E-state index contributed by atoms with van der Waals surface area (Å²) in [6.45, 7) is 2.48. The van der Waals surface area contributed by atoms with E-state index in [1.165, 1.54) is 0 Å². The molecule has 84 valence electrons. The molecule has 0 radical (unpaired) electrons. The molecule has 1 amide bonds. The van der Waals surface area contributed by atoms with E-state index < -0.39 is 0 Å². The molecule has 0 fully saturated rings. The van der Waals surface area contributed by atoms with E-state index in [0.717, 1.165) is 11.3 Å². The summed E-state index contributed by atoms with van der Waals surface area (Å²) in [4.78, 5) is 11.0. The summed E-state index contributed by atoms with van der Waals surface area (Å²) in [5.74, 6) is 0.0119. The lowest BCUT2D eigenvalue weighted by atomic mass is 10.1. The number of benzene rings is 1. The van der Waals surface area contributed by atoms with Gasteiger partial charge in [-0.05, 0) is 30.7 Å². The highest BCUT2D eigenvalue weighted by molar-refractivity contribution is 5.76. The molecule has 16 heavy (non-hydrogen) atoms. The summed E-state index contributed by atoms with van der Waals surface area (Å²) >= 11 is 0. The third-order valence-electron chi connectivity index (χ3n) is 2.31. The monoisotopic (exact) mass is 217 g/mol. The lowest BCUT2D eigenvalue weighted by molar-refractivity contribution is -0.120. The number of nitrogens with zero attached hydrogens (tertiary/aromatic N) is 1. The SMILES string of the molecule is CNC(=O)CCNc1ccc(C#N)c(C)c1. The quantitative estimate of drug-likeness (QED) is 0.801. The van der Waals surface area contributed by atoms with E-state index >= 15 is 0 Å². The first kappa shape index (κ1) is 12.1. The highest BCUT2D eigenvalue weighted by atomic mass is 16.1. The van der Waals surface area contributed by atoms with Crippen LogP contribution in [-0.4, -0.2) is 19.5 Å². The minimum atomic E-state index is 0.0119. The number of carbonyl (C=O) groups excluding carboxylic acids is 1. The molecule has 0 aliphatic rings. The summed E-state index contributed by atoms with van der Waals surface area (Å²) in [5, 5.41) is 14.5. The van der Waals surface area contributed by atoms with Crippen molar-refractivity contribution in [2.75, 3.05) is 18.9 Å². The maximum absolute atomic E-state index is 11.0. The number of rotatable bonds is 4. The molecular weight excluding hydrogens is 202 g/mol. The second kappa shape index (κ2) is 5.76. The van der Waals surface area contributed by atoms with E-state index in [0.29, 0.717) is 18.5 Å². The Hall–Kier alpha value is -2.02. The molecule has 0 spiro atoms. The average Bonchev–Trinajstić information content (AvgIpc) is 2.29. The second-order valence-electron chi connectivity index (χ2n) is 3.49. The predicted molar refractivity (Wildman–Crippen MR) is 63.1 cm³/mol. The van der Waals surface area contributed by atoms with Crippen molar-refractivity contribution < 1.29 is 4.79 Å². The van der Waals surface area contributed by atoms with Gasteiger partial charge in [-0.1, -0.05) is 0 Å². The van der Waals surface area contributed by atoms with Crippen LogP contribution in [0.15, 0.2) is 18.2 Å². The molecule has 0 unspecified atom stereocenters. The van der Waals surface area contributed by atoms with E-state index in [-0.39, 0.29) is 5.91 Å². The van der Waals surface area contributed by atoms with Crippen LogP contribution in [0.5, 0.6) is 0 Å². The van der Waals surface area contributed by atoms with Crippen LogP contribution < -0.4 is 10.6 Å². The zero-order valence-electron chi connectivity index (χ0n) is 9.50. The van der Waals surface area contributed by atoms with Gasteiger partial charge in [-0.2, -0.15) is 5.26 Å². The van der Waals surface area contributed by atoms with Crippen molar-refractivity contribution in [2.45, 2.75) is 13.3 Å². The zero-order chi connectivity index (χ0) is 12.0. The molecule has 0 saturated carbocycles. The number of nitriles is 1. The third kappa shape index (κ3) is 3.28. The lowest BCUT2D eigenvalue weighted by Gasteiger charge is -2.07. The largest absolute Gasteiger partial charge is 0.385 e. The smallest absolute Gasteiger partial charge is 0.221 e. The van der Waals surface area contributed by atoms with Gasteiger partial charge in [-0.25, -0.2) is 0 Å². The Balaban J connectivity index is 2.53. The van der Waals surface area contributed by atoms with Gasteiger partial charge in [0.25, 0.3) is 0 Å². The molecule has 0 saturated heterocycles. The molecule has 4 nitrogen and oxygen atoms in total. The van der Waals surface area contributed by atoms with Crippen LogP contribution in [0.2, 0.25) is 0 Å². The number of carbonyl (C=O) groups is 1. The zero-order valence-corrected chi connectivity index (χ0v) is 9.50. The minimum Gasteiger partial charge on any atom is -0.385 e. The van der Waals surface area contributed by atoms with Gasteiger partial charge in [0.2, 0.25) is 5.91 Å². The van der Waals surface area contributed by atoms with Crippen LogP contribution in [0.1, 0.15) is 17.5 Å². The molecule has 0 aromatic heterocycles. The van der Waals surface area contributed by atoms with Gasteiger partial charge >= 0.3 is 0 Å². The van der Waals surface area contributed by atoms with Gasteiger partial charge in [0, 0.05) is 25.7 Å². The summed E-state index contributed by atoms with van der Waals surface area (Å²) in [5.41, 5.74) is 2.55. The van der Waals surface area contributed by atoms with Crippen molar-refractivity contribution in [1.29, 1.82) is 5.26 Å². The standard InChI is InChI=1S/C12H15N3O/c1-9-7-11(4-3-10(9)8-13)15-6-5-12(16)14-2/h3-4,7,15H,5-6H2,1-2H3,(H,14,16). The van der Waals surface area contributed by atoms with Crippen molar-refractivity contribution in [3.05, 3.63) is 29.3 Å². The number of hydrogen-bond donors (Lipinski definition) is 2. The van der Waals surface area contributed by atoms with Crippen molar-refractivity contribution in [2.24, 2.45) is 0 Å². The van der Waals surface area contributed by atoms with Gasteiger partial charge in [-0.3, -0.25) is 4.79 Å². The van der Waals surface area contributed by atoms with Crippen LogP contribution in [0.25, 0.3) is 0 Å². The Morgan fingerprint density at radius 2 is 2.25 bits per heavy atom. The number of aryl methyl sites for hydroxylation is 1. The molecule has 0 heterocycles. The topological polar surface area (TPSA) is 64.9 Å². The van der Waals surface area contributed by atoms with Gasteiger partial charge in [-0.15, -0.1) is 0 Å². The molecule has 0 atom stereocenters. The fourth-order valence-electron chi connectivity index (χ4n) is 1.34. The van der Waals surface area contributed by atoms with Gasteiger partial charge < -0.3 is 10.6 Å². The summed E-state index contributed by atoms with van der Waals surface area (Å²) in [6, 6.07) is 7.64. The first-order chi connectivity index (χ1) is 7.67. The molecule has 1 aromatic carbocycles. The number of hydrogen-bond acceptors (Lipinski definition) is 3. The van der Waals surface area contributed by atoms with Crippen LogP contribution in [0.4, 0.5) is 5.69 Å². The van der Waals surface area contributed by atoms with E-state index in [1.54, 1.807) is 13.1 Å². The molecule has 4 heteroatoms. The highest BCUT2D eigenvalue weighted by Crippen LogP contribution is 2.14. The number of amides is 1. The molecule has 0 aliphatic carbocycles. The van der Waals surface area contributed by atoms with E-state index in [1.807, 2.05) is 19.1 Å². The van der Waals surface area contributed by atoms with Crippen LogP contribution in [0, 0.1) is 18.3 Å². The fourth-order valence-corrected chi connectivity index (χ4v) is 1.34. The van der Waals surface area contributed by atoms with Crippen molar-refractivity contribution in [3.63, 3.8) is 0 Å². The molecule has 1 aromatic rings. The highest BCUT2D eigenvalue weighted by Gasteiger charge is 2.00. The average molecular weight is 217 g/mol. The summed E-state index contributed by atoms with van der Waals surface area (Å²) in [7, 11) is 1.62. The summed E-state index contributed by atoms with van der Waals surface area (Å²) < 4.78 is 0. The van der Waals surface area contributed by atoms with E-state index in [4.69, 9.17) is 5.26 Å². The summed E-state index contributed by atoms with van der Waals surface area (Å²) in [6.07, 6.45) is 0.440. The van der Waals surface area contributed by atoms with Crippen LogP contribution in [0.3, 0.4) is 0 Å². The molecule has 1 rings (SSSR count). The minimum absolute atomic E-state index is 0.0119. The predicted octanol–water partition coefficient (Wildman–Crippen LogP) is 1.41. The van der Waals surface area contributed by atoms with Crippen LogP contribution >= 0.6 is 0 Å². The fraction of sp³-hybridized carbons (Fsp3) is 0.333. The molecule has 0 aliphatic heterocycles. The lowest BCUT2D eigenvalue weighted by Crippen LogP contribution is -2.20. The van der Waals surface area contributed by atoms with Gasteiger partial charge in [0.15, 0.2) is 0 Å². The van der Waals surface area contributed by atoms with Crippen LogP contribution in [-0.2, 0) is 4.79 Å². The Morgan fingerprint density at radius 3 is 2.81 bits per heavy atom. The van der Waals surface area contributed by atoms with Gasteiger partial charge in [0.1, 0.15) is 0 Å². The van der Waals surface area contributed by atoms with E-state index in [2.05, 4.69) is 16.7 Å². The Kier molecular flexibility index (Phi) is 4.34. The Labute approximate surface area is 95.3 Å². The maximum atomic E-state index is 11.0. The maximum Gasteiger partial charge on any atom is 0.221 e. The first-order valence-electron chi connectivity index (χ1n) is 5.12. The molecular formula is C12H15N3O. The van der Waals surface area contributed by atoms with Crippen molar-refractivity contribution in [3.8, 4) is 6.07 Å². The Bertz CT molecular complexity index is 421. The second-order valence-corrected chi connectivity index (χ2v) is 3.49.